The molecule has 4 heteroatoms. The van der Waals surface area contributed by atoms with Crippen molar-refractivity contribution >= 4 is 11.9 Å². The van der Waals surface area contributed by atoms with Crippen molar-refractivity contribution in [3.63, 3.8) is 0 Å². The number of carbonyl (C=O) groups is 2. The van der Waals surface area contributed by atoms with Gasteiger partial charge in [-0.1, -0.05) is 65.2 Å². The largest absolute Gasteiger partial charge is 0.481 e. The SMILES string of the molecule is CCCCCC(CC)C(CCCCCCCC(=O)O)C(=O)O. The Kier molecular flexibility index (Phi) is 12.9. The smallest absolute Gasteiger partial charge is 0.306 e. The predicted molar refractivity (Wildman–Crippen MR) is 89.0 cm³/mol. The highest BCUT2D eigenvalue weighted by Gasteiger charge is 2.25. The first kappa shape index (κ1) is 20.9. The minimum Gasteiger partial charge on any atom is -0.481 e. The van der Waals surface area contributed by atoms with Gasteiger partial charge in [0.25, 0.3) is 0 Å². The molecule has 0 bridgehead atoms. The summed E-state index contributed by atoms with van der Waals surface area (Å²) in [5.74, 6) is -1.28. The highest BCUT2D eigenvalue weighted by Crippen LogP contribution is 2.27. The van der Waals surface area contributed by atoms with Gasteiger partial charge in [0, 0.05) is 6.42 Å². The quantitative estimate of drug-likeness (QED) is 0.412. The highest BCUT2D eigenvalue weighted by molar-refractivity contribution is 5.70. The lowest BCUT2D eigenvalue weighted by Gasteiger charge is -2.22. The molecule has 0 rings (SSSR count). The molecular formula is C18H34O4. The van der Waals surface area contributed by atoms with Crippen LogP contribution >= 0.6 is 0 Å². The second-order valence-electron chi connectivity index (χ2n) is 6.31. The van der Waals surface area contributed by atoms with Gasteiger partial charge in [-0.25, -0.2) is 0 Å². The molecule has 0 spiro atoms. The first-order valence-electron chi connectivity index (χ1n) is 8.97. The number of carboxylic acids is 2. The summed E-state index contributed by atoms with van der Waals surface area (Å²) in [7, 11) is 0. The van der Waals surface area contributed by atoms with E-state index in [-0.39, 0.29) is 12.3 Å². The molecule has 0 saturated carbocycles. The number of unbranched alkanes of at least 4 members (excludes halogenated alkanes) is 6. The summed E-state index contributed by atoms with van der Waals surface area (Å²) in [6.07, 6.45) is 11.1. The Morgan fingerprint density at radius 3 is 1.95 bits per heavy atom. The lowest BCUT2D eigenvalue weighted by atomic mass is 9.82. The topological polar surface area (TPSA) is 74.6 Å². The molecule has 0 aromatic rings. The second-order valence-corrected chi connectivity index (χ2v) is 6.31. The molecule has 0 aromatic heterocycles. The fraction of sp³-hybridized carbons (Fsp3) is 0.889. The van der Waals surface area contributed by atoms with Crippen molar-refractivity contribution in [3.05, 3.63) is 0 Å². The van der Waals surface area contributed by atoms with Crippen molar-refractivity contribution in [2.45, 2.75) is 90.9 Å². The van der Waals surface area contributed by atoms with Crippen molar-refractivity contribution in [1.82, 2.24) is 0 Å². The van der Waals surface area contributed by atoms with E-state index in [1.807, 2.05) is 0 Å². The van der Waals surface area contributed by atoms with Crippen molar-refractivity contribution in [2.24, 2.45) is 11.8 Å². The van der Waals surface area contributed by atoms with Gasteiger partial charge < -0.3 is 10.2 Å². The first-order valence-corrected chi connectivity index (χ1v) is 8.97. The van der Waals surface area contributed by atoms with Gasteiger partial charge in [-0.05, 0) is 25.2 Å². The Hall–Kier alpha value is -1.06. The molecule has 4 nitrogen and oxygen atoms in total. The minimum absolute atomic E-state index is 0.208. The Balaban J connectivity index is 3.96. The van der Waals surface area contributed by atoms with Gasteiger partial charge in [0.15, 0.2) is 0 Å². The molecule has 2 atom stereocenters. The van der Waals surface area contributed by atoms with E-state index in [2.05, 4.69) is 13.8 Å². The minimum atomic E-state index is -0.733. The van der Waals surface area contributed by atoms with Crippen LogP contribution in [0.25, 0.3) is 0 Å². The van der Waals surface area contributed by atoms with Gasteiger partial charge in [-0.2, -0.15) is 0 Å². The van der Waals surface area contributed by atoms with Crippen LogP contribution in [0.1, 0.15) is 90.9 Å². The third-order valence-corrected chi connectivity index (χ3v) is 4.49. The fourth-order valence-corrected chi connectivity index (χ4v) is 3.08. The summed E-state index contributed by atoms with van der Waals surface area (Å²) in [5.41, 5.74) is 0. The average molecular weight is 314 g/mol. The van der Waals surface area contributed by atoms with Crippen LogP contribution in [0, 0.1) is 11.8 Å². The molecule has 0 aliphatic heterocycles. The van der Waals surface area contributed by atoms with Crippen LogP contribution in [0.4, 0.5) is 0 Å². The summed E-state index contributed by atoms with van der Waals surface area (Å²) < 4.78 is 0. The van der Waals surface area contributed by atoms with Gasteiger partial charge in [-0.15, -0.1) is 0 Å². The maximum absolute atomic E-state index is 11.5. The van der Waals surface area contributed by atoms with E-state index in [4.69, 9.17) is 5.11 Å². The zero-order valence-corrected chi connectivity index (χ0v) is 14.4. The van der Waals surface area contributed by atoms with E-state index >= 15 is 0 Å². The van der Waals surface area contributed by atoms with Gasteiger partial charge in [0.1, 0.15) is 0 Å². The Labute approximate surface area is 135 Å². The third kappa shape index (κ3) is 10.6. The van der Waals surface area contributed by atoms with Crippen LogP contribution in [0.3, 0.4) is 0 Å². The van der Waals surface area contributed by atoms with Gasteiger partial charge in [0.2, 0.25) is 0 Å². The van der Waals surface area contributed by atoms with Crippen molar-refractivity contribution < 1.29 is 19.8 Å². The molecule has 0 aliphatic carbocycles. The summed E-state index contributed by atoms with van der Waals surface area (Å²) in [6, 6.07) is 0. The maximum atomic E-state index is 11.5. The summed E-state index contributed by atoms with van der Waals surface area (Å²) in [5, 5.41) is 18.0. The molecule has 0 fully saturated rings. The zero-order chi connectivity index (χ0) is 16.8. The summed E-state index contributed by atoms with van der Waals surface area (Å²) >= 11 is 0. The van der Waals surface area contributed by atoms with E-state index < -0.39 is 11.9 Å². The van der Waals surface area contributed by atoms with Crippen LogP contribution in [-0.4, -0.2) is 22.2 Å². The maximum Gasteiger partial charge on any atom is 0.306 e. The van der Waals surface area contributed by atoms with Gasteiger partial charge in [-0.3, -0.25) is 9.59 Å². The van der Waals surface area contributed by atoms with E-state index in [0.717, 1.165) is 57.8 Å². The molecule has 2 N–H and O–H groups in total. The third-order valence-electron chi connectivity index (χ3n) is 4.49. The van der Waals surface area contributed by atoms with Crippen LogP contribution in [-0.2, 0) is 9.59 Å². The Bertz CT molecular complexity index is 301. The molecular weight excluding hydrogens is 280 g/mol. The Morgan fingerprint density at radius 1 is 0.818 bits per heavy atom. The second kappa shape index (κ2) is 13.6. The first-order chi connectivity index (χ1) is 10.5. The van der Waals surface area contributed by atoms with Crippen LogP contribution in [0.2, 0.25) is 0 Å². The number of aliphatic carboxylic acids is 2. The number of rotatable bonds is 15. The normalized spacial score (nSPS) is 13.7. The predicted octanol–water partition coefficient (Wildman–Crippen LogP) is 5.11. The van der Waals surface area contributed by atoms with Gasteiger partial charge >= 0.3 is 11.9 Å². The molecule has 0 radical (unpaired) electrons. The number of hydrogen-bond acceptors (Lipinski definition) is 2. The molecule has 2 unspecified atom stereocenters. The van der Waals surface area contributed by atoms with Gasteiger partial charge in [0.05, 0.1) is 5.92 Å². The van der Waals surface area contributed by atoms with E-state index in [9.17, 15) is 14.7 Å². The standard InChI is InChI=1S/C18H34O4/c1-3-5-9-12-15(4-2)16(18(21)22)13-10-7-6-8-11-14-17(19)20/h15-16H,3-14H2,1-2H3,(H,19,20)(H,21,22). The lowest BCUT2D eigenvalue weighted by Crippen LogP contribution is -2.23. The highest BCUT2D eigenvalue weighted by atomic mass is 16.4. The summed E-state index contributed by atoms with van der Waals surface area (Å²) in [6.45, 7) is 4.26. The van der Waals surface area contributed by atoms with Crippen molar-refractivity contribution in [2.75, 3.05) is 0 Å². The zero-order valence-electron chi connectivity index (χ0n) is 14.4. The average Bonchev–Trinajstić information content (AvgIpc) is 2.47. The van der Waals surface area contributed by atoms with Crippen LogP contribution < -0.4 is 0 Å². The monoisotopic (exact) mass is 314 g/mol. The van der Waals surface area contributed by atoms with E-state index in [0.29, 0.717) is 5.92 Å². The molecule has 0 aromatic carbocycles. The Morgan fingerprint density at radius 2 is 1.41 bits per heavy atom. The van der Waals surface area contributed by atoms with E-state index in [1.54, 1.807) is 0 Å². The molecule has 0 amide bonds. The molecule has 130 valence electrons. The molecule has 22 heavy (non-hydrogen) atoms. The number of hydrogen-bond donors (Lipinski definition) is 2. The molecule has 0 heterocycles. The van der Waals surface area contributed by atoms with Crippen LogP contribution in [0.5, 0.6) is 0 Å². The number of carboxylic acid groups (broad SMARTS) is 2. The summed E-state index contributed by atoms with van der Waals surface area (Å²) in [4.78, 5) is 21.9. The molecule has 0 aliphatic rings. The van der Waals surface area contributed by atoms with Crippen molar-refractivity contribution in [3.8, 4) is 0 Å². The van der Waals surface area contributed by atoms with E-state index in [1.165, 1.54) is 12.8 Å². The molecule has 0 saturated heterocycles. The van der Waals surface area contributed by atoms with Crippen molar-refractivity contribution in [1.29, 1.82) is 0 Å². The fourth-order valence-electron chi connectivity index (χ4n) is 3.08. The lowest BCUT2D eigenvalue weighted by molar-refractivity contribution is -0.144. The van der Waals surface area contributed by atoms with Crippen LogP contribution in [0.15, 0.2) is 0 Å².